The average molecular weight is 310 g/mol. The fourth-order valence-corrected chi connectivity index (χ4v) is 2.80. The molecule has 0 spiro atoms. The maximum Gasteiger partial charge on any atom is 0.257 e. The van der Waals surface area contributed by atoms with Crippen molar-refractivity contribution in [1.82, 2.24) is 19.9 Å². The third kappa shape index (κ3) is 3.07. The van der Waals surface area contributed by atoms with Gasteiger partial charge in [-0.25, -0.2) is 9.97 Å². The second-order valence-corrected chi connectivity index (χ2v) is 6.00. The summed E-state index contributed by atoms with van der Waals surface area (Å²) in [5.41, 5.74) is 1.59. The van der Waals surface area contributed by atoms with Crippen LogP contribution < -0.4 is 0 Å². The lowest BCUT2D eigenvalue weighted by Crippen LogP contribution is -2.42. The summed E-state index contributed by atoms with van der Waals surface area (Å²) in [7, 11) is 0. The summed E-state index contributed by atoms with van der Waals surface area (Å²) in [4.78, 5) is 27.1. The molecular weight excluding hydrogens is 292 g/mol. The Kier molecular flexibility index (Phi) is 3.75. The van der Waals surface area contributed by atoms with E-state index in [0.29, 0.717) is 31.2 Å². The third-order valence-corrected chi connectivity index (χ3v) is 4.29. The van der Waals surface area contributed by atoms with Crippen LogP contribution in [0.5, 0.6) is 0 Å². The van der Waals surface area contributed by atoms with Crippen LogP contribution in [0, 0.1) is 0 Å². The van der Waals surface area contributed by atoms with Gasteiger partial charge in [-0.3, -0.25) is 9.78 Å². The highest BCUT2D eigenvalue weighted by atomic mass is 16.5. The first-order valence-corrected chi connectivity index (χ1v) is 7.94. The lowest BCUT2D eigenvalue weighted by atomic mass is 10.1. The molecule has 0 unspecified atom stereocenters. The lowest BCUT2D eigenvalue weighted by Gasteiger charge is -2.33. The molecule has 2 aliphatic rings. The zero-order chi connectivity index (χ0) is 15.6. The summed E-state index contributed by atoms with van der Waals surface area (Å²) >= 11 is 0. The summed E-state index contributed by atoms with van der Waals surface area (Å²) in [5, 5.41) is 0. The van der Waals surface area contributed by atoms with Crippen molar-refractivity contribution in [2.45, 2.75) is 24.9 Å². The average Bonchev–Trinajstić information content (AvgIpc) is 3.47. The van der Waals surface area contributed by atoms with Gasteiger partial charge in [-0.05, 0) is 30.5 Å². The Morgan fingerprint density at radius 2 is 1.91 bits per heavy atom. The molecule has 118 valence electrons. The fourth-order valence-electron chi connectivity index (χ4n) is 2.80. The van der Waals surface area contributed by atoms with Crippen LogP contribution in [0.25, 0.3) is 0 Å². The summed E-state index contributed by atoms with van der Waals surface area (Å²) in [6, 6.07) is 3.85. The van der Waals surface area contributed by atoms with Gasteiger partial charge in [0.25, 0.3) is 5.91 Å². The molecule has 6 heteroatoms. The van der Waals surface area contributed by atoms with E-state index in [0.717, 1.165) is 24.2 Å². The van der Waals surface area contributed by atoms with E-state index in [9.17, 15) is 4.79 Å². The zero-order valence-electron chi connectivity index (χ0n) is 12.8. The minimum absolute atomic E-state index is 0.0327. The molecule has 0 radical (unpaired) electrons. The molecule has 0 aromatic carbocycles. The van der Waals surface area contributed by atoms with Crippen molar-refractivity contribution in [3.8, 4) is 0 Å². The van der Waals surface area contributed by atoms with Gasteiger partial charge in [0, 0.05) is 37.3 Å². The van der Waals surface area contributed by atoms with Crippen molar-refractivity contribution in [2.24, 2.45) is 0 Å². The first-order valence-electron chi connectivity index (χ1n) is 7.94. The van der Waals surface area contributed by atoms with Crippen LogP contribution in [0.3, 0.4) is 0 Å². The van der Waals surface area contributed by atoms with Crippen LogP contribution >= 0.6 is 0 Å². The maximum atomic E-state index is 12.7. The molecule has 2 fully saturated rings. The van der Waals surface area contributed by atoms with Crippen LogP contribution in [0.4, 0.5) is 0 Å². The molecule has 0 bridgehead atoms. The number of morpholine rings is 1. The number of rotatable bonds is 3. The van der Waals surface area contributed by atoms with Crippen molar-refractivity contribution in [3.05, 3.63) is 53.9 Å². The topological polar surface area (TPSA) is 68.2 Å². The van der Waals surface area contributed by atoms with E-state index in [2.05, 4.69) is 15.0 Å². The number of pyridine rings is 1. The van der Waals surface area contributed by atoms with Crippen molar-refractivity contribution >= 4 is 5.91 Å². The standard InChI is InChI=1S/C17H18N4O2/c22-17(14-9-19-16(20-10-14)13-1-2-13)21-7-8-23-15(11-21)12-3-5-18-6-4-12/h3-6,9-10,13,15H,1-2,7-8,11H2/t15-/m1/s1. The van der Waals surface area contributed by atoms with Crippen molar-refractivity contribution in [3.63, 3.8) is 0 Å². The molecule has 0 N–H and O–H groups in total. The lowest BCUT2D eigenvalue weighted by molar-refractivity contribution is -0.0228. The van der Waals surface area contributed by atoms with Crippen molar-refractivity contribution in [1.29, 1.82) is 0 Å². The van der Waals surface area contributed by atoms with E-state index in [1.165, 1.54) is 0 Å². The monoisotopic (exact) mass is 310 g/mol. The Morgan fingerprint density at radius 3 is 2.61 bits per heavy atom. The van der Waals surface area contributed by atoms with Gasteiger partial charge in [-0.15, -0.1) is 0 Å². The summed E-state index contributed by atoms with van der Waals surface area (Å²) < 4.78 is 5.79. The highest BCUT2D eigenvalue weighted by Gasteiger charge is 2.28. The number of amides is 1. The quantitative estimate of drug-likeness (QED) is 0.867. The molecule has 6 nitrogen and oxygen atoms in total. The minimum atomic E-state index is -0.109. The summed E-state index contributed by atoms with van der Waals surface area (Å²) in [6.45, 7) is 1.65. The van der Waals surface area contributed by atoms with Gasteiger partial charge in [0.15, 0.2) is 0 Å². The number of carbonyl (C=O) groups is 1. The molecule has 1 atom stereocenters. The fraction of sp³-hybridized carbons (Fsp3) is 0.412. The predicted octanol–water partition coefficient (Wildman–Crippen LogP) is 1.96. The van der Waals surface area contributed by atoms with E-state index in [-0.39, 0.29) is 12.0 Å². The molecule has 23 heavy (non-hydrogen) atoms. The largest absolute Gasteiger partial charge is 0.370 e. The Balaban J connectivity index is 1.47. The van der Waals surface area contributed by atoms with Gasteiger partial charge in [-0.2, -0.15) is 0 Å². The van der Waals surface area contributed by atoms with Crippen molar-refractivity contribution < 1.29 is 9.53 Å². The molecule has 1 amide bonds. The number of hydrogen-bond donors (Lipinski definition) is 0. The van der Waals surface area contributed by atoms with Gasteiger partial charge in [-0.1, -0.05) is 0 Å². The number of aromatic nitrogens is 3. The summed E-state index contributed by atoms with van der Waals surface area (Å²) in [5.74, 6) is 1.33. The Bertz CT molecular complexity index is 685. The normalized spacial score (nSPS) is 21.2. The molecule has 1 aliphatic heterocycles. The smallest absolute Gasteiger partial charge is 0.257 e. The number of nitrogens with zero attached hydrogens (tertiary/aromatic N) is 4. The second-order valence-electron chi connectivity index (χ2n) is 6.00. The highest BCUT2D eigenvalue weighted by molar-refractivity contribution is 5.93. The summed E-state index contributed by atoms with van der Waals surface area (Å²) in [6.07, 6.45) is 8.99. The first-order chi connectivity index (χ1) is 11.3. The molecular formula is C17H18N4O2. The highest BCUT2D eigenvalue weighted by Crippen LogP contribution is 2.37. The third-order valence-electron chi connectivity index (χ3n) is 4.29. The number of carbonyl (C=O) groups excluding carboxylic acids is 1. The van der Waals surface area contributed by atoms with Gasteiger partial charge in [0.1, 0.15) is 11.9 Å². The van der Waals surface area contributed by atoms with E-state index in [1.54, 1.807) is 24.8 Å². The maximum absolute atomic E-state index is 12.7. The molecule has 2 aromatic heterocycles. The minimum Gasteiger partial charge on any atom is -0.370 e. The predicted molar refractivity (Wildman–Crippen MR) is 82.8 cm³/mol. The number of ether oxygens (including phenoxy) is 1. The van der Waals surface area contributed by atoms with E-state index in [4.69, 9.17) is 4.74 Å². The Hall–Kier alpha value is -2.34. The molecule has 3 heterocycles. The molecule has 1 saturated carbocycles. The van der Waals surface area contributed by atoms with Crippen molar-refractivity contribution in [2.75, 3.05) is 19.7 Å². The molecule has 1 saturated heterocycles. The SMILES string of the molecule is O=C(c1cnc(C2CC2)nc1)N1CCO[C@@H](c2ccncc2)C1. The Morgan fingerprint density at radius 1 is 1.17 bits per heavy atom. The Labute approximate surface area is 134 Å². The van der Waals surface area contributed by atoms with Crippen LogP contribution in [0.15, 0.2) is 36.9 Å². The van der Waals surface area contributed by atoms with Gasteiger partial charge in [0.05, 0.1) is 18.7 Å². The molecule has 2 aromatic rings. The second kappa shape index (κ2) is 6.04. The van der Waals surface area contributed by atoms with Crippen LogP contribution in [0.1, 0.15) is 46.6 Å². The van der Waals surface area contributed by atoms with E-state index >= 15 is 0 Å². The van der Waals surface area contributed by atoms with Gasteiger partial charge in [0.2, 0.25) is 0 Å². The first kappa shape index (κ1) is 14.3. The zero-order valence-corrected chi connectivity index (χ0v) is 12.8. The van der Waals surface area contributed by atoms with Crippen LogP contribution in [-0.2, 0) is 4.74 Å². The van der Waals surface area contributed by atoms with E-state index in [1.807, 2.05) is 17.0 Å². The van der Waals surface area contributed by atoms with Gasteiger partial charge < -0.3 is 9.64 Å². The van der Waals surface area contributed by atoms with Gasteiger partial charge >= 0.3 is 0 Å². The number of hydrogen-bond acceptors (Lipinski definition) is 5. The van der Waals surface area contributed by atoms with Crippen LogP contribution in [-0.4, -0.2) is 45.5 Å². The van der Waals surface area contributed by atoms with Crippen LogP contribution in [0.2, 0.25) is 0 Å². The van der Waals surface area contributed by atoms with E-state index < -0.39 is 0 Å². The molecule has 4 rings (SSSR count). The molecule has 1 aliphatic carbocycles.